The molecule has 19 heavy (non-hydrogen) atoms. The molecule has 2 N–H and O–H groups in total. The van der Waals surface area contributed by atoms with Gasteiger partial charge in [-0.05, 0) is 12.3 Å². The fraction of sp³-hybridized carbons (Fsp3) is 0.846. The molecule has 0 saturated carbocycles. The van der Waals surface area contributed by atoms with Crippen molar-refractivity contribution in [3.63, 3.8) is 0 Å². The molecule has 1 aliphatic rings. The summed E-state index contributed by atoms with van der Waals surface area (Å²) in [4.78, 5) is 26.6. The van der Waals surface area contributed by atoms with E-state index in [9.17, 15) is 9.59 Å². The van der Waals surface area contributed by atoms with Crippen LogP contribution in [-0.2, 0) is 4.79 Å². The van der Waals surface area contributed by atoms with Gasteiger partial charge in [0.2, 0.25) is 0 Å². The van der Waals surface area contributed by atoms with E-state index in [1.54, 1.807) is 9.80 Å². The molecule has 0 aliphatic carbocycles. The van der Waals surface area contributed by atoms with Crippen molar-refractivity contribution in [3.8, 4) is 0 Å². The molecule has 0 bridgehead atoms. The van der Waals surface area contributed by atoms with Crippen molar-refractivity contribution >= 4 is 12.0 Å². The molecule has 1 saturated heterocycles. The number of likely N-dealkylation sites (tertiary alicyclic amines) is 1. The van der Waals surface area contributed by atoms with E-state index in [1.165, 1.54) is 0 Å². The van der Waals surface area contributed by atoms with Gasteiger partial charge in [-0.15, -0.1) is 0 Å². The fourth-order valence-corrected chi connectivity index (χ4v) is 2.42. The molecule has 1 fully saturated rings. The zero-order valence-corrected chi connectivity index (χ0v) is 11.7. The first-order valence-electron chi connectivity index (χ1n) is 6.88. The van der Waals surface area contributed by atoms with Crippen molar-refractivity contribution in [3.05, 3.63) is 0 Å². The molecule has 0 aromatic rings. The number of aliphatic carboxylic acids is 1. The summed E-state index contributed by atoms with van der Waals surface area (Å²) in [5, 5.41) is 18.1. The van der Waals surface area contributed by atoms with Crippen molar-refractivity contribution in [2.75, 3.05) is 32.8 Å². The van der Waals surface area contributed by atoms with Crippen LogP contribution in [0.15, 0.2) is 0 Å². The van der Waals surface area contributed by atoms with Gasteiger partial charge < -0.3 is 20.0 Å². The minimum absolute atomic E-state index is 0.0244. The highest BCUT2D eigenvalue weighted by Crippen LogP contribution is 2.24. The summed E-state index contributed by atoms with van der Waals surface area (Å²) >= 11 is 0. The van der Waals surface area contributed by atoms with Gasteiger partial charge in [0.25, 0.3) is 0 Å². The Morgan fingerprint density at radius 1 is 1.32 bits per heavy atom. The van der Waals surface area contributed by atoms with Crippen LogP contribution in [0.25, 0.3) is 0 Å². The summed E-state index contributed by atoms with van der Waals surface area (Å²) in [6.45, 7) is 5.49. The predicted octanol–water partition coefficient (Wildman–Crippen LogP) is 0.853. The van der Waals surface area contributed by atoms with Crippen molar-refractivity contribution in [2.45, 2.75) is 26.7 Å². The van der Waals surface area contributed by atoms with Gasteiger partial charge in [0.15, 0.2) is 0 Å². The molecule has 1 heterocycles. The number of amides is 2. The fourth-order valence-electron chi connectivity index (χ4n) is 2.42. The number of nitrogens with zero attached hydrogens (tertiary/aromatic N) is 2. The van der Waals surface area contributed by atoms with Crippen LogP contribution in [0.5, 0.6) is 0 Å². The number of carbonyl (C=O) groups excluding carboxylic acids is 1. The normalized spacial score (nSPS) is 22.6. The first-order chi connectivity index (χ1) is 9.01. The van der Waals surface area contributed by atoms with Gasteiger partial charge in [0, 0.05) is 26.2 Å². The van der Waals surface area contributed by atoms with E-state index in [-0.39, 0.29) is 25.1 Å². The third kappa shape index (κ3) is 4.09. The maximum atomic E-state index is 12.3. The zero-order valence-electron chi connectivity index (χ0n) is 11.7. The van der Waals surface area contributed by atoms with Gasteiger partial charge in [-0.1, -0.05) is 20.3 Å². The number of urea groups is 1. The Bertz CT molecular complexity index is 322. The SMILES string of the molecule is CCCCN(CCO)C(=O)N1CC(C)C(C(=O)O)C1. The summed E-state index contributed by atoms with van der Waals surface area (Å²) in [7, 11) is 0. The molecule has 2 atom stereocenters. The molecule has 0 aromatic heterocycles. The zero-order chi connectivity index (χ0) is 14.4. The van der Waals surface area contributed by atoms with Gasteiger partial charge in [0.05, 0.1) is 12.5 Å². The predicted molar refractivity (Wildman–Crippen MR) is 70.8 cm³/mol. The number of aliphatic hydroxyl groups excluding tert-OH is 1. The Balaban J connectivity index is 2.62. The van der Waals surface area contributed by atoms with Crippen LogP contribution in [0.4, 0.5) is 4.79 Å². The molecule has 1 aliphatic heterocycles. The lowest BCUT2D eigenvalue weighted by Crippen LogP contribution is -2.44. The highest BCUT2D eigenvalue weighted by Gasteiger charge is 2.38. The molecule has 0 spiro atoms. The average molecular weight is 272 g/mol. The number of carbonyl (C=O) groups is 2. The topological polar surface area (TPSA) is 81.1 Å². The average Bonchev–Trinajstić information content (AvgIpc) is 2.76. The van der Waals surface area contributed by atoms with E-state index < -0.39 is 11.9 Å². The van der Waals surface area contributed by atoms with Crippen LogP contribution in [0, 0.1) is 11.8 Å². The molecular weight excluding hydrogens is 248 g/mol. The molecule has 0 aromatic carbocycles. The Kier molecular flexibility index (Phi) is 6.08. The third-order valence-corrected chi connectivity index (χ3v) is 3.62. The maximum absolute atomic E-state index is 12.3. The van der Waals surface area contributed by atoms with E-state index in [0.29, 0.717) is 19.6 Å². The number of carboxylic acids is 1. The van der Waals surface area contributed by atoms with Crippen molar-refractivity contribution in [1.82, 2.24) is 9.80 Å². The summed E-state index contributed by atoms with van der Waals surface area (Å²) in [6.07, 6.45) is 1.86. The monoisotopic (exact) mass is 272 g/mol. The minimum atomic E-state index is -0.843. The van der Waals surface area contributed by atoms with Crippen LogP contribution < -0.4 is 0 Å². The second-order valence-corrected chi connectivity index (χ2v) is 5.17. The number of unbranched alkanes of at least 4 members (excludes halogenated alkanes) is 1. The summed E-state index contributed by atoms with van der Waals surface area (Å²) in [5.74, 6) is -1.35. The Morgan fingerprint density at radius 2 is 2.00 bits per heavy atom. The van der Waals surface area contributed by atoms with E-state index in [4.69, 9.17) is 10.2 Å². The Morgan fingerprint density at radius 3 is 2.47 bits per heavy atom. The van der Waals surface area contributed by atoms with Gasteiger partial charge in [-0.25, -0.2) is 4.79 Å². The van der Waals surface area contributed by atoms with E-state index in [2.05, 4.69) is 0 Å². The van der Waals surface area contributed by atoms with Gasteiger partial charge >= 0.3 is 12.0 Å². The summed E-state index contributed by atoms with van der Waals surface area (Å²) in [5.41, 5.74) is 0. The van der Waals surface area contributed by atoms with E-state index in [1.807, 2.05) is 13.8 Å². The second-order valence-electron chi connectivity index (χ2n) is 5.17. The van der Waals surface area contributed by atoms with Crippen LogP contribution in [0.3, 0.4) is 0 Å². The number of hydrogen-bond donors (Lipinski definition) is 2. The molecule has 2 unspecified atom stereocenters. The number of rotatable bonds is 6. The number of aliphatic hydroxyl groups is 1. The lowest BCUT2D eigenvalue weighted by molar-refractivity contribution is -0.142. The highest BCUT2D eigenvalue weighted by atomic mass is 16.4. The second kappa shape index (κ2) is 7.33. The van der Waals surface area contributed by atoms with Gasteiger partial charge in [0.1, 0.15) is 0 Å². The Labute approximate surface area is 114 Å². The quantitative estimate of drug-likeness (QED) is 0.751. The molecule has 0 radical (unpaired) electrons. The first-order valence-corrected chi connectivity index (χ1v) is 6.88. The van der Waals surface area contributed by atoms with Crippen LogP contribution in [0.1, 0.15) is 26.7 Å². The standard InChI is InChI=1S/C13H24N2O4/c1-3-4-5-14(6-7-16)13(19)15-8-10(2)11(9-15)12(17)18/h10-11,16H,3-9H2,1-2H3,(H,17,18). The lowest BCUT2D eigenvalue weighted by atomic mass is 9.99. The molecule has 6 nitrogen and oxygen atoms in total. The van der Waals surface area contributed by atoms with Crippen LogP contribution in [0.2, 0.25) is 0 Å². The van der Waals surface area contributed by atoms with E-state index in [0.717, 1.165) is 12.8 Å². The summed E-state index contributed by atoms with van der Waals surface area (Å²) in [6, 6.07) is -0.155. The maximum Gasteiger partial charge on any atom is 0.320 e. The molecular formula is C13H24N2O4. The van der Waals surface area contributed by atoms with Crippen molar-refractivity contribution in [1.29, 1.82) is 0 Å². The van der Waals surface area contributed by atoms with Gasteiger partial charge in [-0.2, -0.15) is 0 Å². The third-order valence-electron chi connectivity index (χ3n) is 3.62. The largest absolute Gasteiger partial charge is 0.481 e. The number of hydrogen-bond acceptors (Lipinski definition) is 3. The summed E-state index contributed by atoms with van der Waals surface area (Å²) < 4.78 is 0. The van der Waals surface area contributed by atoms with Crippen molar-refractivity contribution in [2.24, 2.45) is 11.8 Å². The van der Waals surface area contributed by atoms with E-state index >= 15 is 0 Å². The lowest BCUT2D eigenvalue weighted by Gasteiger charge is -2.27. The van der Waals surface area contributed by atoms with Crippen LogP contribution >= 0.6 is 0 Å². The first kappa shape index (κ1) is 15.8. The van der Waals surface area contributed by atoms with Crippen LogP contribution in [-0.4, -0.2) is 64.8 Å². The number of carboxylic acid groups (broad SMARTS) is 1. The minimum Gasteiger partial charge on any atom is -0.481 e. The molecule has 1 rings (SSSR count). The van der Waals surface area contributed by atoms with Gasteiger partial charge in [-0.3, -0.25) is 4.79 Å². The smallest absolute Gasteiger partial charge is 0.320 e. The molecule has 2 amide bonds. The highest BCUT2D eigenvalue weighted by molar-refractivity contribution is 5.77. The molecule has 6 heteroatoms. The molecule has 110 valence electrons. The Hall–Kier alpha value is -1.30. The van der Waals surface area contributed by atoms with Crippen molar-refractivity contribution < 1.29 is 19.8 Å².